The number of aryl methyl sites for hydroxylation is 1. The van der Waals surface area contributed by atoms with Crippen LogP contribution in [-0.4, -0.2) is 5.11 Å². The fourth-order valence-corrected chi connectivity index (χ4v) is 1.87. The lowest BCUT2D eigenvalue weighted by Gasteiger charge is -2.04. The number of phenolic OH excluding ortho intramolecular Hbond substituents is 1. The average Bonchev–Trinajstić information content (AvgIpc) is 2.14. The first-order chi connectivity index (χ1) is 6.65. The minimum Gasteiger partial charge on any atom is -0.505 e. The van der Waals surface area contributed by atoms with Crippen LogP contribution in [0.25, 0.3) is 0 Å². The van der Waals surface area contributed by atoms with E-state index in [4.69, 9.17) is 23.2 Å². The summed E-state index contributed by atoms with van der Waals surface area (Å²) in [5, 5.41) is 10.0. The van der Waals surface area contributed by atoms with Crippen molar-refractivity contribution in [3.8, 4) is 5.75 Å². The lowest BCUT2D eigenvalue weighted by atomic mass is 10.1. The third-order valence-electron chi connectivity index (χ3n) is 2.15. The summed E-state index contributed by atoms with van der Waals surface area (Å²) in [4.78, 5) is 0. The van der Waals surface area contributed by atoms with Crippen molar-refractivity contribution in [3.63, 3.8) is 0 Å². The van der Waals surface area contributed by atoms with E-state index >= 15 is 0 Å². The van der Waals surface area contributed by atoms with Gasteiger partial charge < -0.3 is 5.11 Å². The second kappa shape index (κ2) is 5.47. The summed E-state index contributed by atoms with van der Waals surface area (Å²) in [5.74, 6) is -0.0208. The summed E-state index contributed by atoms with van der Waals surface area (Å²) in [5.41, 5.74) is 1.09. The normalized spacial score (nSPS) is 10.5. The molecular weight excluding hydrogens is 219 g/mol. The number of hydrogen-bond acceptors (Lipinski definition) is 1. The molecule has 0 radical (unpaired) electrons. The first-order valence-corrected chi connectivity index (χ1v) is 5.57. The highest BCUT2D eigenvalue weighted by Gasteiger charge is 2.05. The van der Waals surface area contributed by atoms with Gasteiger partial charge in [0.05, 0.1) is 10.0 Å². The zero-order chi connectivity index (χ0) is 10.6. The minimum absolute atomic E-state index is 0.0208. The Morgan fingerprint density at radius 3 is 2.21 bits per heavy atom. The van der Waals surface area contributed by atoms with Crippen LogP contribution in [0, 0.1) is 0 Å². The van der Waals surface area contributed by atoms with Crippen molar-refractivity contribution < 1.29 is 5.11 Å². The number of benzene rings is 1. The molecule has 1 N–H and O–H groups in total. The lowest BCUT2D eigenvalue weighted by molar-refractivity contribution is 0.475. The molecule has 0 aliphatic carbocycles. The molecular formula is C11H14Cl2O. The summed E-state index contributed by atoms with van der Waals surface area (Å²) >= 11 is 11.6. The van der Waals surface area contributed by atoms with Crippen LogP contribution in [0.3, 0.4) is 0 Å². The Kier molecular flexibility index (Phi) is 4.56. The van der Waals surface area contributed by atoms with Gasteiger partial charge in [-0.05, 0) is 30.5 Å². The Hall–Kier alpha value is -0.400. The highest BCUT2D eigenvalue weighted by atomic mass is 35.5. The van der Waals surface area contributed by atoms with Crippen LogP contribution < -0.4 is 0 Å². The van der Waals surface area contributed by atoms with E-state index in [1.807, 2.05) is 0 Å². The van der Waals surface area contributed by atoms with E-state index in [0.29, 0.717) is 10.0 Å². The molecule has 0 saturated heterocycles. The summed E-state index contributed by atoms with van der Waals surface area (Å²) in [6, 6.07) is 3.55. The molecule has 1 aromatic rings. The first-order valence-electron chi connectivity index (χ1n) is 4.82. The molecule has 78 valence electrons. The summed E-state index contributed by atoms with van der Waals surface area (Å²) in [6.07, 6.45) is 4.50. The van der Waals surface area contributed by atoms with E-state index in [1.54, 1.807) is 12.1 Å². The van der Waals surface area contributed by atoms with Crippen molar-refractivity contribution in [1.82, 2.24) is 0 Å². The predicted octanol–water partition coefficient (Wildman–Crippen LogP) is 4.43. The minimum atomic E-state index is -0.0208. The van der Waals surface area contributed by atoms with Crippen molar-refractivity contribution in [2.24, 2.45) is 0 Å². The Labute approximate surface area is 94.7 Å². The molecule has 0 unspecified atom stereocenters. The number of halogens is 2. The zero-order valence-electron chi connectivity index (χ0n) is 8.19. The molecule has 14 heavy (non-hydrogen) atoms. The van der Waals surface area contributed by atoms with E-state index < -0.39 is 0 Å². The molecule has 0 spiro atoms. The topological polar surface area (TPSA) is 20.2 Å². The van der Waals surface area contributed by atoms with Crippen LogP contribution in [0.2, 0.25) is 10.0 Å². The molecule has 1 nitrogen and oxygen atoms in total. The number of hydrogen-bond donors (Lipinski definition) is 1. The fourth-order valence-electron chi connectivity index (χ4n) is 1.34. The van der Waals surface area contributed by atoms with E-state index in [-0.39, 0.29) is 5.75 Å². The smallest absolute Gasteiger partial charge is 0.152 e. The first kappa shape index (κ1) is 11.7. The Morgan fingerprint density at radius 1 is 1.14 bits per heavy atom. The summed E-state index contributed by atoms with van der Waals surface area (Å²) < 4.78 is 0. The SMILES string of the molecule is CCCCCc1cc(Cl)c(O)c(Cl)c1. The van der Waals surface area contributed by atoms with E-state index in [9.17, 15) is 5.11 Å². The third kappa shape index (κ3) is 3.07. The third-order valence-corrected chi connectivity index (χ3v) is 2.72. The van der Waals surface area contributed by atoms with Gasteiger partial charge in [-0.3, -0.25) is 0 Å². The molecule has 0 amide bonds. The van der Waals surface area contributed by atoms with Crippen molar-refractivity contribution in [1.29, 1.82) is 0 Å². The van der Waals surface area contributed by atoms with E-state index in [0.717, 1.165) is 18.4 Å². The number of aromatic hydroxyl groups is 1. The van der Waals surface area contributed by atoms with Crippen LogP contribution >= 0.6 is 23.2 Å². The predicted molar refractivity (Wildman–Crippen MR) is 61.4 cm³/mol. The molecule has 1 aromatic carbocycles. The Morgan fingerprint density at radius 2 is 1.71 bits per heavy atom. The van der Waals surface area contributed by atoms with Crippen LogP contribution in [0.5, 0.6) is 5.75 Å². The van der Waals surface area contributed by atoms with Crippen LogP contribution in [0.4, 0.5) is 0 Å². The molecule has 0 aliphatic heterocycles. The molecule has 3 heteroatoms. The van der Waals surface area contributed by atoms with Crippen molar-refractivity contribution >= 4 is 23.2 Å². The van der Waals surface area contributed by atoms with Gasteiger partial charge in [0, 0.05) is 0 Å². The van der Waals surface area contributed by atoms with Crippen LogP contribution in [0.15, 0.2) is 12.1 Å². The fraction of sp³-hybridized carbons (Fsp3) is 0.455. The standard InChI is InChI=1S/C11H14Cl2O/c1-2-3-4-5-8-6-9(12)11(14)10(13)7-8/h6-7,14H,2-5H2,1H3. The van der Waals surface area contributed by atoms with Gasteiger partial charge in [-0.1, -0.05) is 43.0 Å². The van der Waals surface area contributed by atoms with Gasteiger partial charge in [-0.2, -0.15) is 0 Å². The Balaban J connectivity index is 2.69. The summed E-state index contributed by atoms with van der Waals surface area (Å²) in [7, 11) is 0. The van der Waals surface area contributed by atoms with Crippen LogP contribution in [-0.2, 0) is 6.42 Å². The van der Waals surface area contributed by atoms with Gasteiger partial charge in [-0.15, -0.1) is 0 Å². The number of phenols is 1. The highest BCUT2D eigenvalue weighted by Crippen LogP contribution is 2.33. The maximum Gasteiger partial charge on any atom is 0.152 e. The van der Waals surface area contributed by atoms with Gasteiger partial charge in [0.1, 0.15) is 0 Å². The van der Waals surface area contributed by atoms with Crippen molar-refractivity contribution in [2.45, 2.75) is 32.6 Å². The maximum absolute atomic E-state index is 9.34. The molecule has 0 atom stereocenters. The molecule has 1 rings (SSSR count). The van der Waals surface area contributed by atoms with Crippen molar-refractivity contribution in [2.75, 3.05) is 0 Å². The molecule has 0 saturated carbocycles. The van der Waals surface area contributed by atoms with E-state index in [1.165, 1.54) is 12.8 Å². The highest BCUT2D eigenvalue weighted by molar-refractivity contribution is 6.37. The quantitative estimate of drug-likeness (QED) is 0.762. The van der Waals surface area contributed by atoms with Gasteiger partial charge in [-0.25, -0.2) is 0 Å². The zero-order valence-corrected chi connectivity index (χ0v) is 9.70. The Bertz CT molecular complexity index is 287. The van der Waals surface area contributed by atoms with Crippen LogP contribution in [0.1, 0.15) is 31.7 Å². The monoisotopic (exact) mass is 232 g/mol. The molecule has 0 bridgehead atoms. The van der Waals surface area contributed by atoms with Gasteiger partial charge >= 0.3 is 0 Å². The van der Waals surface area contributed by atoms with E-state index in [2.05, 4.69) is 6.92 Å². The molecule has 0 aliphatic rings. The number of rotatable bonds is 4. The maximum atomic E-state index is 9.34. The molecule has 0 aromatic heterocycles. The largest absolute Gasteiger partial charge is 0.505 e. The second-order valence-electron chi connectivity index (χ2n) is 3.37. The van der Waals surface area contributed by atoms with Gasteiger partial charge in [0.2, 0.25) is 0 Å². The number of unbranched alkanes of at least 4 members (excludes halogenated alkanes) is 2. The van der Waals surface area contributed by atoms with Gasteiger partial charge in [0.25, 0.3) is 0 Å². The molecule has 0 heterocycles. The van der Waals surface area contributed by atoms with Gasteiger partial charge in [0.15, 0.2) is 5.75 Å². The average molecular weight is 233 g/mol. The summed E-state index contributed by atoms with van der Waals surface area (Å²) in [6.45, 7) is 2.16. The second-order valence-corrected chi connectivity index (χ2v) is 4.18. The lowest BCUT2D eigenvalue weighted by Crippen LogP contribution is -1.86. The molecule has 0 fully saturated rings. The van der Waals surface area contributed by atoms with Crippen molar-refractivity contribution in [3.05, 3.63) is 27.7 Å².